The van der Waals surface area contributed by atoms with Crippen LogP contribution in [0, 0.1) is 5.92 Å². The number of hydrogen-bond donors (Lipinski definition) is 1. The summed E-state index contributed by atoms with van der Waals surface area (Å²) in [5, 5.41) is 4.05. The third-order valence-corrected chi connectivity index (χ3v) is 7.36. The van der Waals surface area contributed by atoms with Crippen molar-refractivity contribution in [2.24, 2.45) is 10.9 Å². The van der Waals surface area contributed by atoms with Crippen LogP contribution in [0.15, 0.2) is 41.0 Å². The van der Waals surface area contributed by atoms with E-state index in [1.807, 2.05) is 17.0 Å². The van der Waals surface area contributed by atoms with Gasteiger partial charge in [0.25, 0.3) is 0 Å². The van der Waals surface area contributed by atoms with Crippen LogP contribution in [0.3, 0.4) is 0 Å². The molecule has 0 aromatic heterocycles. The predicted octanol–water partition coefficient (Wildman–Crippen LogP) is 5.21. The molecule has 9 heteroatoms. The highest BCUT2D eigenvalue weighted by atomic mass is 35.5. The molecule has 0 spiro atoms. The summed E-state index contributed by atoms with van der Waals surface area (Å²) in [6.07, 6.45) is 3.71. The molecule has 0 aliphatic carbocycles. The molecule has 1 unspecified atom stereocenters. The normalized spacial score (nSPS) is 22.7. The molecule has 0 bridgehead atoms. The van der Waals surface area contributed by atoms with E-state index in [4.69, 9.17) is 11.6 Å². The maximum absolute atomic E-state index is 12.9. The summed E-state index contributed by atoms with van der Waals surface area (Å²) in [4.78, 5) is 20.5. The summed E-state index contributed by atoms with van der Waals surface area (Å²) in [6, 6.07) is 7.69. The number of hydrogen-bond acceptors (Lipinski definition) is 4. The molecule has 3 heterocycles. The van der Waals surface area contributed by atoms with Gasteiger partial charge in [-0.1, -0.05) is 11.6 Å². The molecule has 5 nitrogen and oxygen atoms in total. The first kappa shape index (κ1) is 25.0. The van der Waals surface area contributed by atoms with Crippen molar-refractivity contribution in [1.82, 2.24) is 10.2 Å². The third-order valence-electron chi connectivity index (χ3n) is 7.11. The van der Waals surface area contributed by atoms with Gasteiger partial charge in [0.05, 0.1) is 0 Å². The molecular formula is C25H32ClF3N4O. The Morgan fingerprint density at radius 2 is 1.74 bits per heavy atom. The largest absolute Gasteiger partial charge is 0.433 e. The summed E-state index contributed by atoms with van der Waals surface area (Å²) < 4.78 is 38.7. The van der Waals surface area contributed by atoms with Gasteiger partial charge in [-0.2, -0.15) is 13.2 Å². The SMILES string of the molecule is O=C(CCC1CCN(c2ccc(Cl)cc2)CC1)N1CCC(NC2C=C(C(F)(F)F)N=CC2)CC1. The van der Waals surface area contributed by atoms with E-state index in [-0.39, 0.29) is 18.0 Å². The number of alkyl halides is 3. The fourth-order valence-electron chi connectivity index (χ4n) is 5.07. The molecule has 34 heavy (non-hydrogen) atoms. The lowest BCUT2D eigenvalue weighted by atomic mass is 9.91. The van der Waals surface area contributed by atoms with Gasteiger partial charge < -0.3 is 15.1 Å². The third kappa shape index (κ3) is 6.75. The van der Waals surface area contributed by atoms with Crippen LogP contribution in [0.4, 0.5) is 18.9 Å². The summed E-state index contributed by atoms with van der Waals surface area (Å²) in [6.45, 7) is 3.30. The van der Waals surface area contributed by atoms with Gasteiger partial charge in [-0.05, 0) is 68.4 Å². The molecule has 2 saturated heterocycles. The van der Waals surface area contributed by atoms with Gasteiger partial charge in [-0.3, -0.25) is 9.79 Å². The number of halogens is 4. The van der Waals surface area contributed by atoms with Crippen molar-refractivity contribution < 1.29 is 18.0 Å². The highest BCUT2D eigenvalue weighted by Gasteiger charge is 2.35. The van der Waals surface area contributed by atoms with Gasteiger partial charge in [-0.25, -0.2) is 0 Å². The summed E-state index contributed by atoms with van der Waals surface area (Å²) in [5.74, 6) is 0.761. The van der Waals surface area contributed by atoms with E-state index in [2.05, 4.69) is 27.3 Å². The van der Waals surface area contributed by atoms with Crippen LogP contribution in [0.1, 0.15) is 44.9 Å². The minimum Gasteiger partial charge on any atom is -0.372 e. The number of piperidine rings is 2. The number of carbonyl (C=O) groups is 1. The summed E-state index contributed by atoms with van der Waals surface area (Å²) >= 11 is 5.98. The minimum atomic E-state index is -4.42. The summed E-state index contributed by atoms with van der Waals surface area (Å²) in [7, 11) is 0. The van der Waals surface area contributed by atoms with Gasteiger partial charge in [-0.15, -0.1) is 0 Å². The van der Waals surface area contributed by atoms with E-state index >= 15 is 0 Å². The maximum atomic E-state index is 12.9. The van der Waals surface area contributed by atoms with Crippen LogP contribution >= 0.6 is 11.6 Å². The van der Waals surface area contributed by atoms with Crippen LogP contribution in [0.5, 0.6) is 0 Å². The Balaban J connectivity index is 1.15. The first-order valence-corrected chi connectivity index (χ1v) is 12.5. The number of aliphatic imine (C=N–C) groups is 1. The van der Waals surface area contributed by atoms with Crippen molar-refractivity contribution in [3.05, 3.63) is 41.1 Å². The lowest BCUT2D eigenvalue weighted by Crippen LogP contribution is -2.48. The number of benzene rings is 1. The molecule has 1 aromatic rings. The fourth-order valence-corrected chi connectivity index (χ4v) is 5.19. The van der Waals surface area contributed by atoms with Gasteiger partial charge in [0.1, 0.15) is 5.70 Å². The van der Waals surface area contributed by atoms with E-state index in [0.717, 1.165) is 50.2 Å². The first-order chi connectivity index (χ1) is 16.3. The van der Waals surface area contributed by atoms with Crippen LogP contribution < -0.4 is 10.2 Å². The number of anilines is 1. The average molecular weight is 497 g/mol. The number of likely N-dealkylation sites (tertiary alicyclic amines) is 1. The van der Waals surface area contributed by atoms with Gasteiger partial charge in [0, 0.05) is 68.0 Å². The number of allylic oxidation sites excluding steroid dienone is 1. The summed E-state index contributed by atoms with van der Waals surface area (Å²) in [5.41, 5.74) is 0.365. The molecule has 0 radical (unpaired) electrons. The first-order valence-electron chi connectivity index (χ1n) is 12.1. The Bertz CT molecular complexity index is 886. The fraction of sp³-hybridized carbons (Fsp3) is 0.600. The highest BCUT2D eigenvalue weighted by Crippen LogP contribution is 2.29. The van der Waals surface area contributed by atoms with E-state index in [1.54, 1.807) is 0 Å². The zero-order valence-corrected chi connectivity index (χ0v) is 20.0. The molecule has 1 N–H and O–H groups in total. The Labute approximate surface area is 204 Å². The number of carbonyl (C=O) groups excluding carboxylic acids is 1. The number of nitrogens with zero attached hydrogens (tertiary/aromatic N) is 3. The second-order valence-corrected chi connectivity index (χ2v) is 9.91. The zero-order chi connectivity index (χ0) is 24.1. The monoisotopic (exact) mass is 496 g/mol. The van der Waals surface area contributed by atoms with E-state index in [9.17, 15) is 18.0 Å². The molecule has 1 amide bonds. The standard InChI is InChI=1S/C25H32ClF3N4O/c26-19-2-4-22(5-3-19)32-13-8-18(9-14-32)1-6-24(34)33-15-10-20(11-16-33)31-21-7-12-30-23(17-21)25(27,28)29/h2-5,12,17-18,20-21,31H,1,6-11,13-16H2. The van der Waals surface area contributed by atoms with Crippen LogP contribution in [0.2, 0.25) is 5.02 Å². The average Bonchev–Trinajstić information content (AvgIpc) is 2.83. The zero-order valence-electron chi connectivity index (χ0n) is 19.2. The van der Waals surface area contributed by atoms with Crippen molar-refractivity contribution in [2.45, 2.75) is 63.2 Å². The topological polar surface area (TPSA) is 47.9 Å². The molecule has 1 atom stereocenters. The van der Waals surface area contributed by atoms with Gasteiger partial charge in [0.2, 0.25) is 5.91 Å². The predicted molar refractivity (Wildman–Crippen MR) is 129 cm³/mol. The molecule has 0 saturated carbocycles. The van der Waals surface area contributed by atoms with Crippen LogP contribution in [-0.2, 0) is 4.79 Å². The van der Waals surface area contributed by atoms with E-state index in [0.29, 0.717) is 31.8 Å². The van der Waals surface area contributed by atoms with Crippen molar-refractivity contribution in [3.63, 3.8) is 0 Å². The number of amides is 1. The minimum absolute atomic E-state index is 0.114. The lowest BCUT2D eigenvalue weighted by molar-refractivity contribution is -0.132. The Morgan fingerprint density at radius 1 is 1.06 bits per heavy atom. The molecule has 186 valence electrons. The second kappa shape index (κ2) is 11.1. The Kier molecular flexibility index (Phi) is 8.19. The van der Waals surface area contributed by atoms with Gasteiger partial charge >= 0.3 is 6.18 Å². The quantitative estimate of drug-likeness (QED) is 0.588. The highest BCUT2D eigenvalue weighted by molar-refractivity contribution is 6.30. The van der Waals surface area contributed by atoms with Crippen LogP contribution in [-0.4, -0.2) is 61.5 Å². The van der Waals surface area contributed by atoms with E-state index in [1.165, 1.54) is 18.0 Å². The molecule has 2 fully saturated rings. The molecule has 3 aliphatic heterocycles. The Morgan fingerprint density at radius 3 is 2.38 bits per heavy atom. The smallest absolute Gasteiger partial charge is 0.372 e. The van der Waals surface area contributed by atoms with Crippen molar-refractivity contribution in [1.29, 1.82) is 0 Å². The van der Waals surface area contributed by atoms with Crippen molar-refractivity contribution >= 4 is 29.4 Å². The molecule has 1 aromatic carbocycles. The number of nitrogens with one attached hydrogen (secondary N) is 1. The number of rotatable bonds is 6. The van der Waals surface area contributed by atoms with Crippen molar-refractivity contribution in [3.8, 4) is 0 Å². The molecule has 3 aliphatic rings. The molecular weight excluding hydrogens is 465 g/mol. The van der Waals surface area contributed by atoms with Gasteiger partial charge in [0.15, 0.2) is 0 Å². The van der Waals surface area contributed by atoms with Crippen molar-refractivity contribution in [2.75, 3.05) is 31.1 Å². The Hall–Kier alpha value is -2.06. The second-order valence-electron chi connectivity index (χ2n) is 9.47. The van der Waals surface area contributed by atoms with Crippen LogP contribution in [0.25, 0.3) is 0 Å². The van der Waals surface area contributed by atoms with E-state index < -0.39 is 11.9 Å². The molecule has 4 rings (SSSR count). The lowest BCUT2D eigenvalue weighted by Gasteiger charge is -2.36. The maximum Gasteiger partial charge on any atom is 0.433 e.